The first-order valence-electron chi connectivity index (χ1n) is 7.11. The number of hydrogen-bond acceptors (Lipinski definition) is 4. The number of hydrogen-bond donors (Lipinski definition) is 1. The Hall–Kier alpha value is -3.15. The lowest BCUT2D eigenvalue weighted by Gasteiger charge is -2.17. The minimum absolute atomic E-state index is 0.220. The number of benzene rings is 2. The number of amides is 1. The summed E-state index contributed by atoms with van der Waals surface area (Å²) < 4.78 is 5.53. The zero-order valence-corrected chi connectivity index (χ0v) is 12.6. The molecule has 1 N–H and O–H groups in total. The Morgan fingerprint density at radius 3 is 2.43 bits per heavy atom. The number of nitrogens with one attached hydrogen (secondary N) is 1. The molecular formula is C18H15N3O2. The molecule has 23 heavy (non-hydrogen) atoms. The Labute approximate surface area is 134 Å². The first kappa shape index (κ1) is 16.2. The summed E-state index contributed by atoms with van der Waals surface area (Å²) in [4.78, 5) is 12.5. The molecule has 5 nitrogen and oxygen atoms in total. The van der Waals surface area contributed by atoms with E-state index in [2.05, 4.69) is 5.32 Å². The van der Waals surface area contributed by atoms with Gasteiger partial charge in [0, 0.05) is 12.3 Å². The monoisotopic (exact) mass is 305 g/mol. The minimum Gasteiger partial charge on any atom is -0.364 e. The van der Waals surface area contributed by atoms with Gasteiger partial charge in [-0.25, -0.2) is 0 Å². The van der Waals surface area contributed by atoms with Gasteiger partial charge >= 0.3 is 0 Å². The smallest absolute Gasteiger partial charge is 0.258 e. The molecule has 5 heteroatoms. The van der Waals surface area contributed by atoms with Gasteiger partial charge in [0.25, 0.3) is 5.91 Å². The maximum absolute atomic E-state index is 12.5. The lowest BCUT2D eigenvalue weighted by atomic mass is 10.1. The second kappa shape index (κ2) is 7.74. The normalized spacial score (nSPS) is 11.1. The molecule has 0 aromatic heterocycles. The van der Waals surface area contributed by atoms with Gasteiger partial charge in [-0.05, 0) is 30.7 Å². The fourth-order valence-electron chi connectivity index (χ4n) is 2.14. The zero-order chi connectivity index (χ0) is 16.7. The summed E-state index contributed by atoms with van der Waals surface area (Å²) >= 11 is 0. The van der Waals surface area contributed by atoms with Crippen molar-refractivity contribution in [2.75, 3.05) is 11.9 Å². The van der Waals surface area contributed by atoms with E-state index >= 15 is 0 Å². The zero-order valence-electron chi connectivity index (χ0n) is 12.6. The van der Waals surface area contributed by atoms with E-state index in [1.165, 1.54) is 12.1 Å². The highest BCUT2D eigenvalue weighted by Gasteiger charge is 2.21. The second-order valence-corrected chi connectivity index (χ2v) is 4.72. The van der Waals surface area contributed by atoms with Crippen LogP contribution < -0.4 is 5.32 Å². The van der Waals surface area contributed by atoms with Crippen molar-refractivity contribution in [1.29, 1.82) is 10.5 Å². The van der Waals surface area contributed by atoms with Crippen LogP contribution >= 0.6 is 0 Å². The molecule has 2 aromatic carbocycles. The summed E-state index contributed by atoms with van der Waals surface area (Å²) in [6, 6.07) is 17.6. The molecule has 0 radical (unpaired) electrons. The molecular weight excluding hydrogens is 290 g/mol. The van der Waals surface area contributed by atoms with Crippen molar-refractivity contribution in [1.82, 2.24) is 0 Å². The Morgan fingerprint density at radius 2 is 1.83 bits per heavy atom. The van der Waals surface area contributed by atoms with E-state index < -0.39 is 6.10 Å². The molecule has 2 rings (SSSR count). The molecule has 0 bridgehead atoms. The molecule has 0 spiro atoms. The Kier molecular flexibility index (Phi) is 5.46. The minimum atomic E-state index is -0.734. The number of carbonyl (C=O) groups is 1. The van der Waals surface area contributed by atoms with E-state index in [1.807, 2.05) is 49.4 Å². The lowest BCUT2D eigenvalue weighted by Crippen LogP contribution is -2.23. The second-order valence-electron chi connectivity index (χ2n) is 4.72. The van der Waals surface area contributed by atoms with Crippen LogP contribution in [-0.4, -0.2) is 12.5 Å². The Balaban J connectivity index is 2.23. The van der Waals surface area contributed by atoms with Crippen LogP contribution in [0.3, 0.4) is 0 Å². The molecule has 0 saturated carbocycles. The average Bonchev–Trinajstić information content (AvgIpc) is 2.60. The molecule has 1 amide bonds. The fraction of sp³-hybridized carbons (Fsp3) is 0.167. The van der Waals surface area contributed by atoms with E-state index in [0.717, 1.165) is 5.56 Å². The van der Waals surface area contributed by atoms with Crippen molar-refractivity contribution in [3.8, 4) is 12.1 Å². The molecule has 1 atom stereocenters. The van der Waals surface area contributed by atoms with Crippen molar-refractivity contribution in [3.05, 3.63) is 65.2 Å². The molecule has 0 aliphatic carbocycles. The van der Waals surface area contributed by atoms with E-state index in [-0.39, 0.29) is 17.0 Å². The van der Waals surface area contributed by atoms with Crippen LogP contribution in [0, 0.1) is 22.7 Å². The van der Waals surface area contributed by atoms with E-state index in [4.69, 9.17) is 15.3 Å². The number of nitrogens with zero attached hydrogens (tertiary/aromatic N) is 2. The largest absolute Gasteiger partial charge is 0.364 e. The molecule has 0 aliphatic heterocycles. The molecule has 0 heterocycles. The maximum Gasteiger partial charge on any atom is 0.258 e. The molecule has 0 unspecified atom stereocenters. The molecule has 0 saturated heterocycles. The van der Waals surface area contributed by atoms with Crippen LogP contribution in [0.15, 0.2) is 48.5 Å². The van der Waals surface area contributed by atoms with Gasteiger partial charge in [0.15, 0.2) is 6.10 Å². The van der Waals surface area contributed by atoms with Gasteiger partial charge in [0.1, 0.15) is 12.1 Å². The number of ether oxygens (including phenoxy) is 1. The van der Waals surface area contributed by atoms with Crippen molar-refractivity contribution in [2.24, 2.45) is 0 Å². The van der Waals surface area contributed by atoms with Crippen molar-refractivity contribution in [3.63, 3.8) is 0 Å². The van der Waals surface area contributed by atoms with Crippen molar-refractivity contribution in [2.45, 2.75) is 13.0 Å². The highest BCUT2D eigenvalue weighted by atomic mass is 16.5. The predicted octanol–water partition coefficient (Wildman–Crippen LogP) is 3.15. The van der Waals surface area contributed by atoms with Gasteiger partial charge in [-0.1, -0.05) is 30.3 Å². The number of nitriles is 2. The van der Waals surface area contributed by atoms with Crippen LogP contribution in [-0.2, 0) is 9.53 Å². The quantitative estimate of drug-likeness (QED) is 0.919. The highest BCUT2D eigenvalue weighted by Crippen LogP contribution is 2.21. The Morgan fingerprint density at radius 1 is 1.13 bits per heavy atom. The molecule has 0 aliphatic rings. The van der Waals surface area contributed by atoms with Gasteiger partial charge in [0.05, 0.1) is 11.1 Å². The first-order chi connectivity index (χ1) is 11.2. The van der Waals surface area contributed by atoms with Gasteiger partial charge in [0.2, 0.25) is 0 Å². The first-order valence-corrected chi connectivity index (χ1v) is 7.11. The van der Waals surface area contributed by atoms with Crippen LogP contribution in [0.1, 0.15) is 29.7 Å². The topological polar surface area (TPSA) is 85.9 Å². The third-order valence-electron chi connectivity index (χ3n) is 3.20. The van der Waals surface area contributed by atoms with Crippen molar-refractivity contribution < 1.29 is 9.53 Å². The van der Waals surface area contributed by atoms with Gasteiger partial charge in [-0.15, -0.1) is 0 Å². The third kappa shape index (κ3) is 3.94. The lowest BCUT2D eigenvalue weighted by molar-refractivity contribution is -0.127. The summed E-state index contributed by atoms with van der Waals surface area (Å²) in [5.74, 6) is -0.327. The van der Waals surface area contributed by atoms with Gasteiger partial charge in [-0.3, -0.25) is 4.79 Å². The number of carbonyl (C=O) groups excluding carboxylic acids is 1. The van der Waals surface area contributed by atoms with Crippen LogP contribution in [0.4, 0.5) is 5.69 Å². The van der Waals surface area contributed by atoms with Crippen molar-refractivity contribution >= 4 is 11.6 Å². The summed E-state index contributed by atoms with van der Waals surface area (Å²) in [5, 5.41) is 20.7. The van der Waals surface area contributed by atoms with E-state index in [0.29, 0.717) is 12.3 Å². The third-order valence-corrected chi connectivity index (χ3v) is 3.20. The van der Waals surface area contributed by atoms with Crippen LogP contribution in [0.5, 0.6) is 0 Å². The van der Waals surface area contributed by atoms with E-state index in [1.54, 1.807) is 6.07 Å². The molecule has 2 aromatic rings. The number of rotatable bonds is 5. The molecule has 114 valence electrons. The number of anilines is 1. The van der Waals surface area contributed by atoms with Crippen LogP contribution in [0.2, 0.25) is 0 Å². The fourth-order valence-corrected chi connectivity index (χ4v) is 2.14. The highest BCUT2D eigenvalue weighted by molar-refractivity contribution is 5.95. The Bertz CT molecular complexity index is 773. The maximum atomic E-state index is 12.5. The SMILES string of the molecule is CCO[C@H](C(=O)Nc1ccc(C#N)c(C#N)c1)c1ccccc1. The summed E-state index contributed by atoms with van der Waals surface area (Å²) in [6.07, 6.45) is -0.734. The standard InChI is InChI=1S/C18H15N3O2/c1-2-23-17(13-6-4-3-5-7-13)18(22)21-16-9-8-14(11-19)15(10-16)12-20/h3-10,17H,2H2,1H3,(H,21,22)/t17-/m0/s1. The van der Waals surface area contributed by atoms with Crippen LogP contribution in [0.25, 0.3) is 0 Å². The predicted molar refractivity (Wildman–Crippen MR) is 85.3 cm³/mol. The molecule has 0 fully saturated rings. The summed E-state index contributed by atoms with van der Waals surface area (Å²) in [5.41, 5.74) is 1.69. The van der Waals surface area contributed by atoms with Gasteiger partial charge < -0.3 is 10.1 Å². The summed E-state index contributed by atoms with van der Waals surface area (Å²) in [7, 11) is 0. The summed E-state index contributed by atoms with van der Waals surface area (Å²) in [6.45, 7) is 2.21. The van der Waals surface area contributed by atoms with Gasteiger partial charge in [-0.2, -0.15) is 10.5 Å². The average molecular weight is 305 g/mol. The van der Waals surface area contributed by atoms with E-state index in [9.17, 15) is 4.79 Å².